The zero-order valence-corrected chi connectivity index (χ0v) is 18.6. The second-order valence-electron chi connectivity index (χ2n) is 6.79. The van der Waals surface area contributed by atoms with Crippen LogP contribution in [-0.4, -0.2) is 35.8 Å². The van der Waals surface area contributed by atoms with E-state index in [1.54, 1.807) is 43.3 Å². The first-order chi connectivity index (χ1) is 13.7. The first-order valence-corrected chi connectivity index (χ1v) is 10.4. The van der Waals surface area contributed by atoms with Crippen LogP contribution in [0.2, 0.25) is 10.0 Å². The van der Waals surface area contributed by atoms with Gasteiger partial charge in [0.2, 0.25) is 5.91 Å². The Labute approximate surface area is 186 Å². The molecular formula is C20H18BrCl2N3O3. The van der Waals surface area contributed by atoms with Gasteiger partial charge in [-0.05, 0) is 48.7 Å². The van der Waals surface area contributed by atoms with Gasteiger partial charge in [-0.25, -0.2) is 4.79 Å². The fourth-order valence-corrected chi connectivity index (χ4v) is 4.00. The second-order valence-corrected chi connectivity index (χ2v) is 8.55. The third kappa shape index (κ3) is 4.74. The smallest absolute Gasteiger partial charge is 0.325 e. The number of imide groups is 1. The molecule has 0 aliphatic carbocycles. The van der Waals surface area contributed by atoms with Crippen LogP contribution in [0, 0.1) is 0 Å². The molecule has 1 saturated heterocycles. The molecule has 0 unspecified atom stereocenters. The average Bonchev–Trinajstić information content (AvgIpc) is 2.88. The van der Waals surface area contributed by atoms with Crippen molar-refractivity contribution in [3.63, 3.8) is 0 Å². The summed E-state index contributed by atoms with van der Waals surface area (Å²) < 4.78 is 0.787. The first kappa shape index (κ1) is 21.6. The van der Waals surface area contributed by atoms with Crippen molar-refractivity contribution in [1.82, 2.24) is 15.5 Å². The van der Waals surface area contributed by atoms with Crippen LogP contribution in [0.3, 0.4) is 0 Å². The van der Waals surface area contributed by atoms with Gasteiger partial charge in [-0.3, -0.25) is 14.5 Å². The Kier molecular flexibility index (Phi) is 6.51. The van der Waals surface area contributed by atoms with Gasteiger partial charge >= 0.3 is 6.03 Å². The van der Waals surface area contributed by atoms with Crippen molar-refractivity contribution in [2.75, 3.05) is 13.1 Å². The number of hydrogen-bond donors (Lipinski definition) is 2. The molecule has 0 spiro atoms. The molecule has 0 bridgehead atoms. The number of nitrogens with zero attached hydrogens (tertiary/aromatic N) is 1. The molecule has 3 rings (SSSR count). The lowest BCUT2D eigenvalue weighted by molar-refractivity contribution is -0.134. The summed E-state index contributed by atoms with van der Waals surface area (Å²) in [6.07, 6.45) is 0.498. The summed E-state index contributed by atoms with van der Waals surface area (Å²) in [5, 5.41) is 6.44. The zero-order valence-electron chi connectivity index (χ0n) is 15.5. The van der Waals surface area contributed by atoms with Gasteiger partial charge in [0.1, 0.15) is 12.1 Å². The molecule has 1 atom stereocenters. The maximum absolute atomic E-state index is 12.9. The summed E-state index contributed by atoms with van der Waals surface area (Å²) in [6, 6.07) is 11.7. The fourth-order valence-electron chi connectivity index (χ4n) is 3.10. The lowest BCUT2D eigenvalue weighted by atomic mass is 9.92. The molecule has 9 heteroatoms. The summed E-state index contributed by atoms with van der Waals surface area (Å²) >= 11 is 15.3. The van der Waals surface area contributed by atoms with Crippen LogP contribution in [0.5, 0.6) is 0 Å². The minimum atomic E-state index is -1.22. The summed E-state index contributed by atoms with van der Waals surface area (Å²) in [5.74, 6) is -0.909. The molecule has 1 heterocycles. The number of carbonyl (C=O) groups is 3. The van der Waals surface area contributed by atoms with Gasteiger partial charge in [-0.1, -0.05) is 57.3 Å². The van der Waals surface area contributed by atoms with Crippen LogP contribution in [0.15, 0.2) is 46.9 Å². The predicted molar refractivity (Wildman–Crippen MR) is 115 cm³/mol. The molecule has 0 saturated carbocycles. The summed E-state index contributed by atoms with van der Waals surface area (Å²) in [4.78, 5) is 38.4. The quantitative estimate of drug-likeness (QED) is 0.593. The molecule has 2 aromatic rings. The molecule has 0 aromatic heterocycles. The van der Waals surface area contributed by atoms with Crippen LogP contribution in [-0.2, 0) is 21.5 Å². The lowest BCUT2D eigenvalue weighted by Gasteiger charge is -2.22. The first-order valence-electron chi connectivity index (χ1n) is 8.81. The molecule has 1 aliphatic heterocycles. The highest BCUT2D eigenvalue weighted by Crippen LogP contribution is 2.30. The van der Waals surface area contributed by atoms with E-state index in [2.05, 4.69) is 26.6 Å². The number of nitrogens with one attached hydrogen (secondary N) is 2. The van der Waals surface area contributed by atoms with E-state index in [4.69, 9.17) is 23.2 Å². The van der Waals surface area contributed by atoms with Gasteiger partial charge < -0.3 is 10.6 Å². The van der Waals surface area contributed by atoms with Gasteiger partial charge in [0.05, 0.1) is 0 Å². The maximum atomic E-state index is 12.9. The molecule has 4 amide bonds. The normalized spacial score (nSPS) is 18.7. The molecule has 0 radical (unpaired) electrons. The number of benzene rings is 2. The number of amides is 4. The molecule has 152 valence electrons. The van der Waals surface area contributed by atoms with Crippen molar-refractivity contribution in [3.05, 3.63) is 68.1 Å². The van der Waals surface area contributed by atoms with E-state index in [1.807, 2.05) is 6.07 Å². The van der Waals surface area contributed by atoms with Crippen molar-refractivity contribution < 1.29 is 14.4 Å². The maximum Gasteiger partial charge on any atom is 0.325 e. The molecule has 1 aliphatic rings. The predicted octanol–water partition coefficient (Wildman–Crippen LogP) is 3.88. The Morgan fingerprint density at radius 1 is 1.21 bits per heavy atom. The average molecular weight is 499 g/mol. The Bertz CT molecular complexity index is 985. The lowest BCUT2D eigenvalue weighted by Crippen LogP contribution is -2.43. The Balaban J connectivity index is 1.60. The number of hydrogen-bond acceptors (Lipinski definition) is 3. The van der Waals surface area contributed by atoms with E-state index < -0.39 is 23.4 Å². The van der Waals surface area contributed by atoms with Gasteiger partial charge in [-0.2, -0.15) is 0 Å². The van der Waals surface area contributed by atoms with Crippen LogP contribution in [0.25, 0.3) is 0 Å². The summed E-state index contributed by atoms with van der Waals surface area (Å²) in [5.41, 5.74) is 0.247. The van der Waals surface area contributed by atoms with E-state index in [9.17, 15) is 14.4 Å². The van der Waals surface area contributed by atoms with Crippen molar-refractivity contribution in [2.45, 2.75) is 18.9 Å². The molecular weight excluding hydrogens is 481 g/mol. The van der Waals surface area contributed by atoms with Gasteiger partial charge in [0.25, 0.3) is 5.91 Å². The molecule has 2 N–H and O–H groups in total. The number of halogens is 3. The van der Waals surface area contributed by atoms with Crippen molar-refractivity contribution in [1.29, 1.82) is 0 Å². The molecule has 29 heavy (non-hydrogen) atoms. The van der Waals surface area contributed by atoms with Gasteiger partial charge in [0.15, 0.2) is 0 Å². The fraction of sp³-hybridized carbons (Fsp3) is 0.250. The van der Waals surface area contributed by atoms with E-state index in [0.29, 0.717) is 28.6 Å². The van der Waals surface area contributed by atoms with Crippen molar-refractivity contribution >= 4 is 57.0 Å². The summed E-state index contributed by atoms with van der Waals surface area (Å²) in [6.45, 7) is 1.57. The van der Waals surface area contributed by atoms with E-state index in [0.717, 1.165) is 14.9 Å². The third-order valence-electron chi connectivity index (χ3n) is 4.71. The van der Waals surface area contributed by atoms with Gasteiger partial charge in [-0.15, -0.1) is 0 Å². The minimum Gasteiger partial charge on any atom is -0.354 e. The molecule has 6 nitrogen and oxygen atoms in total. The standard InChI is InChI=1S/C20H18BrCl2N3O3/c1-20(13-3-2-4-14(21)9-13)18(28)26(19(29)25-20)11-17(27)24-8-7-12-5-6-15(22)10-16(12)23/h2-6,9-10H,7-8,11H2,1H3,(H,24,27)(H,25,29)/t20-/m1/s1. The molecule has 2 aromatic carbocycles. The van der Waals surface area contributed by atoms with Crippen molar-refractivity contribution in [2.24, 2.45) is 0 Å². The highest BCUT2D eigenvalue weighted by Gasteiger charge is 2.49. The Hall–Kier alpha value is -2.09. The monoisotopic (exact) mass is 497 g/mol. The van der Waals surface area contributed by atoms with Crippen LogP contribution < -0.4 is 10.6 Å². The topological polar surface area (TPSA) is 78.5 Å². The largest absolute Gasteiger partial charge is 0.354 e. The van der Waals surface area contributed by atoms with Crippen LogP contribution in [0.4, 0.5) is 4.79 Å². The molecule has 1 fully saturated rings. The number of carbonyl (C=O) groups excluding carboxylic acids is 3. The SMILES string of the molecule is C[C@]1(c2cccc(Br)c2)NC(=O)N(CC(=O)NCCc2ccc(Cl)cc2Cl)C1=O. The Morgan fingerprint density at radius 2 is 1.97 bits per heavy atom. The highest BCUT2D eigenvalue weighted by molar-refractivity contribution is 9.10. The van der Waals surface area contributed by atoms with Crippen LogP contribution in [0.1, 0.15) is 18.1 Å². The minimum absolute atomic E-state index is 0.312. The summed E-state index contributed by atoms with van der Waals surface area (Å²) in [7, 11) is 0. The number of rotatable bonds is 6. The van der Waals surface area contributed by atoms with E-state index in [1.165, 1.54) is 0 Å². The van der Waals surface area contributed by atoms with Crippen LogP contribution >= 0.6 is 39.1 Å². The highest BCUT2D eigenvalue weighted by atomic mass is 79.9. The van der Waals surface area contributed by atoms with Gasteiger partial charge in [0, 0.05) is 21.1 Å². The number of urea groups is 1. The van der Waals surface area contributed by atoms with Crippen molar-refractivity contribution in [3.8, 4) is 0 Å². The van der Waals surface area contributed by atoms with E-state index >= 15 is 0 Å². The Morgan fingerprint density at radius 3 is 2.66 bits per heavy atom. The van der Waals surface area contributed by atoms with E-state index in [-0.39, 0.29) is 6.54 Å². The third-order valence-corrected chi connectivity index (χ3v) is 5.79. The zero-order chi connectivity index (χ0) is 21.2. The second kappa shape index (κ2) is 8.73.